The minimum atomic E-state index is -0.522. The third-order valence-corrected chi connectivity index (χ3v) is 5.74. The van der Waals surface area contributed by atoms with Crippen LogP contribution in [-0.2, 0) is 0 Å². The molecule has 176 valence electrons. The Kier molecular flexibility index (Phi) is 5.80. The molecule has 1 atom stereocenters. The highest BCUT2D eigenvalue weighted by molar-refractivity contribution is 5.96. The van der Waals surface area contributed by atoms with Gasteiger partial charge in [0.05, 0.1) is 36.1 Å². The number of nitrogens with zero attached hydrogens (tertiary/aromatic N) is 6. The van der Waals surface area contributed by atoms with Gasteiger partial charge in [-0.2, -0.15) is 10.2 Å². The molecule has 0 aliphatic rings. The van der Waals surface area contributed by atoms with E-state index in [1.807, 2.05) is 31.2 Å². The number of nitrogen functional groups attached to an aromatic ring is 1. The van der Waals surface area contributed by atoms with Crippen molar-refractivity contribution in [3.8, 4) is 16.8 Å². The van der Waals surface area contributed by atoms with Gasteiger partial charge in [0.2, 0.25) is 11.6 Å². The number of hydrogen-bond donors (Lipinski definition) is 2. The quantitative estimate of drug-likeness (QED) is 0.352. The first kappa shape index (κ1) is 22.6. The molecule has 0 saturated heterocycles. The Morgan fingerprint density at radius 2 is 1.94 bits per heavy atom. The van der Waals surface area contributed by atoms with E-state index in [1.54, 1.807) is 30.6 Å². The van der Waals surface area contributed by atoms with Gasteiger partial charge in [0, 0.05) is 17.5 Å². The summed E-state index contributed by atoms with van der Waals surface area (Å²) in [4.78, 5) is 25.5. The molecule has 5 rings (SSSR count). The molecule has 0 aliphatic heterocycles. The van der Waals surface area contributed by atoms with Gasteiger partial charge in [-0.25, -0.2) is 19.2 Å². The van der Waals surface area contributed by atoms with Crippen molar-refractivity contribution in [2.75, 3.05) is 11.1 Å². The Balaban J connectivity index is 1.76. The van der Waals surface area contributed by atoms with Gasteiger partial charge >= 0.3 is 0 Å². The number of benzene rings is 2. The maximum absolute atomic E-state index is 14.3. The van der Waals surface area contributed by atoms with E-state index in [9.17, 15) is 9.18 Å². The average Bonchev–Trinajstić information content (AvgIpc) is 2.89. The molecule has 0 saturated carbocycles. The van der Waals surface area contributed by atoms with Crippen molar-refractivity contribution in [2.45, 2.75) is 13.0 Å². The molecule has 0 radical (unpaired) electrons. The molecule has 36 heavy (non-hydrogen) atoms. The number of anilines is 2. The third kappa shape index (κ3) is 4.10. The first-order valence-corrected chi connectivity index (χ1v) is 10.9. The van der Waals surface area contributed by atoms with Crippen molar-refractivity contribution >= 4 is 28.2 Å². The van der Waals surface area contributed by atoms with Gasteiger partial charge in [-0.05, 0) is 48.2 Å². The standard InChI is InChI=1S/C26H19FN8O/c1-15(33-24-21(29-2)14-30-26(28)34-24)22-11-16-5-3-8-20(17-9-10-31-32-13-17)23(16)25(36)35(22)19-7-4-6-18(27)12-19/h3-15H,1H3,(H3,28,30,33,34)/t15-/m0/s1. The predicted molar refractivity (Wildman–Crippen MR) is 135 cm³/mol. The van der Waals surface area contributed by atoms with Crippen LogP contribution < -0.4 is 16.6 Å². The van der Waals surface area contributed by atoms with Crippen molar-refractivity contribution in [1.82, 2.24) is 24.7 Å². The fraction of sp³-hybridized carbons (Fsp3) is 0.0769. The molecule has 9 nitrogen and oxygen atoms in total. The molecule has 0 bridgehead atoms. The summed E-state index contributed by atoms with van der Waals surface area (Å²) >= 11 is 0. The zero-order valence-electron chi connectivity index (χ0n) is 19.1. The minimum Gasteiger partial charge on any atom is -0.371 e. The first-order chi connectivity index (χ1) is 17.5. The van der Waals surface area contributed by atoms with Crippen LogP contribution in [0, 0.1) is 12.4 Å². The lowest BCUT2D eigenvalue weighted by atomic mass is 9.99. The Bertz CT molecular complexity index is 1700. The van der Waals surface area contributed by atoms with Crippen LogP contribution in [0.15, 0.2) is 78.0 Å². The second-order valence-corrected chi connectivity index (χ2v) is 8.03. The van der Waals surface area contributed by atoms with Crippen LogP contribution in [0.25, 0.3) is 32.4 Å². The molecule has 0 fully saturated rings. The molecular formula is C26H19FN8O. The molecule has 0 unspecified atom stereocenters. The van der Waals surface area contributed by atoms with Crippen LogP contribution in [0.3, 0.4) is 0 Å². The van der Waals surface area contributed by atoms with E-state index in [0.29, 0.717) is 27.7 Å². The Hall–Kier alpha value is -5.17. The van der Waals surface area contributed by atoms with Crippen LogP contribution in [0.2, 0.25) is 0 Å². The SMILES string of the molecule is [C-]#[N+]c1cnc(N)nc1N[C@@H](C)c1cc2cccc(-c3ccnnc3)c2c(=O)n1-c1cccc(F)c1. The summed E-state index contributed by atoms with van der Waals surface area (Å²) in [5.41, 5.74) is 7.90. The Labute approximate surface area is 204 Å². The van der Waals surface area contributed by atoms with Crippen LogP contribution in [0.5, 0.6) is 0 Å². The van der Waals surface area contributed by atoms with Gasteiger partial charge < -0.3 is 11.1 Å². The molecule has 0 amide bonds. The highest BCUT2D eigenvalue weighted by atomic mass is 19.1. The lowest BCUT2D eigenvalue weighted by molar-refractivity contribution is 0.625. The van der Waals surface area contributed by atoms with Crippen molar-refractivity contribution in [2.24, 2.45) is 0 Å². The second kappa shape index (κ2) is 9.23. The normalized spacial score (nSPS) is 11.7. The van der Waals surface area contributed by atoms with Gasteiger partial charge in [-0.15, -0.1) is 0 Å². The average molecular weight is 478 g/mol. The van der Waals surface area contributed by atoms with E-state index in [1.165, 1.54) is 22.9 Å². The summed E-state index contributed by atoms with van der Waals surface area (Å²) in [5, 5.41) is 12.1. The topological polar surface area (TPSA) is 116 Å². The van der Waals surface area contributed by atoms with Crippen molar-refractivity contribution < 1.29 is 4.39 Å². The Morgan fingerprint density at radius 3 is 2.69 bits per heavy atom. The van der Waals surface area contributed by atoms with Gasteiger partial charge in [0.1, 0.15) is 11.6 Å². The fourth-order valence-electron chi connectivity index (χ4n) is 4.13. The summed E-state index contributed by atoms with van der Waals surface area (Å²) in [6, 6.07) is 14.5. The van der Waals surface area contributed by atoms with E-state index in [4.69, 9.17) is 12.3 Å². The number of nitrogens with one attached hydrogen (secondary N) is 1. The van der Waals surface area contributed by atoms with Crippen LogP contribution in [0.1, 0.15) is 18.7 Å². The highest BCUT2D eigenvalue weighted by Gasteiger charge is 2.20. The van der Waals surface area contributed by atoms with E-state index in [0.717, 1.165) is 5.56 Å². The summed E-state index contributed by atoms with van der Waals surface area (Å²) in [5.74, 6) is -0.231. The molecule has 10 heteroatoms. The summed E-state index contributed by atoms with van der Waals surface area (Å²) in [6.07, 6.45) is 4.48. The molecule has 2 aromatic carbocycles. The van der Waals surface area contributed by atoms with E-state index in [-0.39, 0.29) is 23.0 Å². The maximum atomic E-state index is 14.3. The number of pyridine rings is 1. The minimum absolute atomic E-state index is 0.00809. The first-order valence-electron chi connectivity index (χ1n) is 10.9. The van der Waals surface area contributed by atoms with Crippen LogP contribution >= 0.6 is 0 Å². The van der Waals surface area contributed by atoms with E-state index >= 15 is 0 Å². The van der Waals surface area contributed by atoms with Crippen molar-refractivity contribution in [1.29, 1.82) is 0 Å². The third-order valence-electron chi connectivity index (χ3n) is 5.74. The predicted octanol–water partition coefficient (Wildman–Crippen LogP) is 4.68. The number of nitrogens with two attached hydrogens (primary N) is 1. The zero-order valence-corrected chi connectivity index (χ0v) is 19.1. The van der Waals surface area contributed by atoms with Gasteiger partial charge in [-0.1, -0.05) is 24.3 Å². The summed E-state index contributed by atoms with van der Waals surface area (Å²) in [6.45, 7) is 9.23. The monoisotopic (exact) mass is 478 g/mol. The van der Waals surface area contributed by atoms with E-state index in [2.05, 4.69) is 30.3 Å². The van der Waals surface area contributed by atoms with Gasteiger partial charge in [-0.3, -0.25) is 9.36 Å². The lowest BCUT2D eigenvalue weighted by Gasteiger charge is -2.22. The van der Waals surface area contributed by atoms with Gasteiger partial charge in [0.25, 0.3) is 5.56 Å². The van der Waals surface area contributed by atoms with Crippen LogP contribution in [-0.4, -0.2) is 24.7 Å². The smallest absolute Gasteiger partial charge is 0.263 e. The number of hydrogen-bond acceptors (Lipinski definition) is 7. The largest absolute Gasteiger partial charge is 0.371 e. The lowest BCUT2D eigenvalue weighted by Crippen LogP contribution is -2.26. The molecule has 3 N–H and O–H groups in total. The molecule has 3 heterocycles. The number of rotatable bonds is 5. The van der Waals surface area contributed by atoms with Crippen molar-refractivity contribution in [3.63, 3.8) is 0 Å². The summed E-state index contributed by atoms with van der Waals surface area (Å²) < 4.78 is 15.7. The molecule has 5 aromatic rings. The second-order valence-electron chi connectivity index (χ2n) is 8.03. The molecule has 3 aromatic heterocycles. The van der Waals surface area contributed by atoms with Crippen molar-refractivity contribution in [3.05, 3.63) is 106 Å². The number of aromatic nitrogens is 5. The molecular weight excluding hydrogens is 459 g/mol. The fourth-order valence-corrected chi connectivity index (χ4v) is 4.13. The summed E-state index contributed by atoms with van der Waals surface area (Å²) in [7, 11) is 0. The zero-order chi connectivity index (χ0) is 25.2. The van der Waals surface area contributed by atoms with E-state index < -0.39 is 11.9 Å². The maximum Gasteiger partial charge on any atom is 0.263 e. The number of halogens is 1. The highest BCUT2D eigenvalue weighted by Crippen LogP contribution is 2.31. The number of fused-ring (bicyclic) bond motifs is 1. The molecule has 0 aliphatic carbocycles. The van der Waals surface area contributed by atoms with Gasteiger partial charge in [0.15, 0.2) is 0 Å². The van der Waals surface area contributed by atoms with Crippen LogP contribution in [0.4, 0.5) is 21.8 Å². The molecule has 0 spiro atoms. The Morgan fingerprint density at radius 1 is 1.11 bits per heavy atom.